The summed E-state index contributed by atoms with van der Waals surface area (Å²) in [6, 6.07) is -4.23. The van der Waals surface area contributed by atoms with Crippen molar-refractivity contribution in [3.05, 3.63) is 23.3 Å². The highest BCUT2D eigenvalue weighted by atomic mass is 16.6. The highest BCUT2D eigenvalue weighted by Gasteiger charge is 2.37. The van der Waals surface area contributed by atoms with Crippen LogP contribution in [0, 0.1) is 23.7 Å². The molecule has 0 aromatic rings. The Hall–Kier alpha value is -4.27. The van der Waals surface area contributed by atoms with Crippen LogP contribution in [0.4, 0.5) is 0 Å². The average molecular weight is 832 g/mol. The zero-order valence-corrected chi connectivity index (χ0v) is 37.6. The molecule has 0 bridgehead atoms. The van der Waals surface area contributed by atoms with E-state index in [1.165, 1.54) is 50.7 Å². The van der Waals surface area contributed by atoms with Crippen molar-refractivity contribution in [1.82, 2.24) is 25.8 Å². The first-order chi connectivity index (χ1) is 27.6. The van der Waals surface area contributed by atoms with E-state index < -0.39 is 96.4 Å². The third-order valence-electron chi connectivity index (χ3n) is 11.8. The highest BCUT2D eigenvalue weighted by Crippen LogP contribution is 2.29. The predicted molar refractivity (Wildman–Crippen MR) is 224 cm³/mol. The van der Waals surface area contributed by atoms with Gasteiger partial charge in [-0.1, -0.05) is 85.3 Å². The second-order valence-electron chi connectivity index (χ2n) is 17.3. The van der Waals surface area contributed by atoms with Gasteiger partial charge in [-0.25, -0.2) is 9.59 Å². The molecule has 15 heteroatoms. The number of cyclic esters (lactones) is 2. The number of nitrogens with zero attached hydrogens (tertiary/aromatic N) is 2. The molecular weight excluding hydrogens is 759 g/mol. The summed E-state index contributed by atoms with van der Waals surface area (Å²) in [7, 11) is 2.97. The summed E-state index contributed by atoms with van der Waals surface area (Å²) in [5.41, 5.74) is 0.800. The fourth-order valence-corrected chi connectivity index (χ4v) is 7.48. The van der Waals surface area contributed by atoms with Crippen LogP contribution in [0.5, 0.6) is 0 Å². The van der Waals surface area contributed by atoms with Gasteiger partial charge in [0, 0.05) is 25.6 Å². The lowest BCUT2D eigenvalue weighted by Gasteiger charge is -2.35. The zero-order chi connectivity index (χ0) is 44.7. The average Bonchev–Trinajstić information content (AvgIpc) is 3.20. The van der Waals surface area contributed by atoms with Crippen LogP contribution in [0.2, 0.25) is 0 Å². The molecular formula is C44H73N5O10. The van der Waals surface area contributed by atoms with Gasteiger partial charge in [0.05, 0.1) is 12.6 Å². The lowest BCUT2D eigenvalue weighted by molar-refractivity contribution is -0.155. The van der Waals surface area contributed by atoms with Gasteiger partial charge in [-0.3, -0.25) is 24.0 Å². The van der Waals surface area contributed by atoms with Crippen molar-refractivity contribution in [1.29, 1.82) is 0 Å². The molecule has 1 fully saturated rings. The Morgan fingerprint density at radius 2 is 1.51 bits per heavy atom. The fourth-order valence-electron chi connectivity index (χ4n) is 7.48. The minimum Gasteiger partial charge on any atom is -0.456 e. The molecule has 0 saturated heterocycles. The van der Waals surface area contributed by atoms with E-state index in [0.717, 1.165) is 32.1 Å². The van der Waals surface area contributed by atoms with Gasteiger partial charge in [0.25, 0.3) is 5.91 Å². The molecule has 2 unspecified atom stereocenters. The van der Waals surface area contributed by atoms with Gasteiger partial charge in [-0.2, -0.15) is 0 Å². The summed E-state index contributed by atoms with van der Waals surface area (Å²) >= 11 is 0. The van der Waals surface area contributed by atoms with Crippen molar-refractivity contribution >= 4 is 41.5 Å². The monoisotopic (exact) mass is 832 g/mol. The first-order valence-corrected chi connectivity index (χ1v) is 21.4. The third kappa shape index (κ3) is 15.4. The number of carbonyl (C=O) groups excluding carboxylic acids is 7. The van der Waals surface area contributed by atoms with Crippen LogP contribution in [-0.4, -0.2) is 120 Å². The predicted octanol–water partition coefficient (Wildman–Crippen LogP) is 3.97. The largest absolute Gasteiger partial charge is 0.456 e. The molecule has 1 saturated carbocycles. The van der Waals surface area contributed by atoms with Crippen molar-refractivity contribution in [2.24, 2.45) is 23.7 Å². The van der Waals surface area contributed by atoms with Gasteiger partial charge in [-0.05, 0) is 77.2 Å². The molecule has 4 N–H and O–H groups in total. The van der Waals surface area contributed by atoms with Crippen molar-refractivity contribution in [2.45, 2.75) is 170 Å². The summed E-state index contributed by atoms with van der Waals surface area (Å²) in [4.78, 5) is 98.4. The maximum atomic E-state index is 14.2. The maximum absolute atomic E-state index is 14.2. The molecule has 0 spiro atoms. The minimum atomic E-state index is -1.24. The van der Waals surface area contributed by atoms with Gasteiger partial charge in [0.15, 0.2) is 6.10 Å². The Labute approximate surface area is 351 Å². The lowest BCUT2D eigenvalue weighted by Crippen LogP contribution is -2.57. The molecule has 1 heterocycles. The molecule has 1 aliphatic heterocycles. The number of aliphatic hydroxyl groups excluding tert-OH is 1. The summed E-state index contributed by atoms with van der Waals surface area (Å²) in [5, 5.41) is 19.4. The molecule has 5 amide bonds. The van der Waals surface area contributed by atoms with Gasteiger partial charge in [0.1, 0.15) is 30.3 Å². The van der Waals surface area contributed by atoms with Crippen LogP contribution >= 0.6 is 0 Å². The number of rotatable bonds is 7. The highest BCUT2D eigenvalue weighted by molar-refractivity contribution is 5.96. The van der Waals surface area contributed by atoms with Crippen LogP contribution in [0.3, 0.4) is 0 Å². The van der Waals surface area contributed by atoms with Crippen molar-refractivity contribution in [2.75, 3.05) is 20.6 Å². The SMILES string of the molecule is C/C=C(\C)[C@H]1OC(=O)[C@@H](C)NC(=O)C(C(C)CC)NC(=O)CN(C)C(=O)[C@@H](CC2CCCCC2)N(C)C(=O)[C@H](C)NC(=O)[C@@H](CC(C)C)OC(=O)/C(C)=C/C[C@H](O)[C@@H]1C. The molecule has 334 valence electrons. The summed E-state index contributed by atoms with van der Waals surface area (Å²) < 4.78 is 11.6. The number of nitrogens with one attached hydrogen (secondary N) is 3. The molecule has 0 aromatic carbocycles. The molecule has 2 aliphatic rings. The summed E-state index contributed by atoms with van der Waals surface area (Å²) in [5.74, 6) is -5.32. The standard InChI is InChI=1S/C44H73N5O10/c1-13-26(5)37-40(53)46-31(10)44(57)59-38(27(6)14-2)29(8)34(50)21-20-28(7)43(56)58-35(22-25(3)4)39(52)45-30(9)41(54)49(12)33(23-32-18-16-15-17-19-32)42(55)48(11)24-36(51)47-37/h14,20,25-26,29-35,37-38,50H,13,15-19,21-24H2,1-12H3,(H,45,52)(H,46,53)(H,47,51)/b27-14+,28-20+/t26?,29-,30-,31+,33+,34-,35+,37?,38+/m0/s1. The van der Waals surface area contributed by atoms with Gasteiger partial charge in [-0.15, -0.1) is 0 Å². The number of ether oxygens (including phenoxy) is 2. The van der Waals surface area contributed by atoms with E-state index in [1.807, 2.05) is 20.8 Å². The normalized spacial score (nSPS) is 30.8. The Bertz CT molecular complexity index is 1540. The number of esters is 2. The molecule has 2 rings (SSSR count). The molecule has 59 heavy (non-hydrogen) atoms. The Morgan fingerprint density at radius 1 is 0.898 bits per heavy atom. The molecule has 15 nitrogen and oxygen atoms in total. The zero-order valence-electron chi connectivity index (χ0n) is 37.6. The lowest BCUT2D eigenvalue weighted by atomic mass is 9.84. The third-order valence-corrected chi connectivity index (χ3v) is 11.8. The number of carbonyl (C=O) groups is 7. The Morgan fingerprint density at radius 3 is 2.08 bits per heavy atom. The van der Waals surface area contributed by atoms with E-state index in [4.69, 9.17) is 9.47 Å². The summed E-state index contributed by atoms with van der Waals surface area (Å²) in [6.07, 6.45) is 5.97. The first-order valence-electron chi connectivity index (χ1n) is 21.4. The number of allylic oxidation sites excluding steroid dienone is 1. The van der Waals surface area contributed by atoms with Gasteiger partial charge < -0.3 is 40.3 Å². The quantitative estimate of drug-likeness (QED) is 0.215. The maximum Gasteiger partial charge on any atom is 0.334 e. The Balaban J connectivity index is 2.59. The number of aliphatic hydroxyl groups is 1. The number of hydrogen-bond acceptors (Lipinski definition) is 10. The molecule has 9 atom stereocenters. The number of amides is 5. The van der Waals surface area contributed by atoms with E-state index >= 15 is 0 Å². The molecule has 0 aromatic heterocycles. The molecule has 1 aliphatic carbocycles. The van der Waals surface area contributed by atoms with E-state index in [0.29, 0.717) is 18.4 Å². The van der Waals surface area contributed by atoms with Crippen LogP contribution in [-0.2, 0) is 43.0 Å². The van der Waals surface area contributed by atoms with E-state index in [1.54, 1.807) is 33.8 Å². The topological polar surface area (TPSA) is 201 Å². The van der Waals surface area contributed by atoms with Gasteiger partial charge in [0.2, 0.25) is 23.6 Å². The van der Waals surface area contributed by atoms with E-state index in [2.05, 4.69) is 16.0 Å². The molecule has 0 radical (unpaired) electrons. The second kappa shape index (κ2) is 24.1. The van der Waals surface area contributed by atoms with Crippen molar-refractivity contribution < 1.29 is 48.1 Å². The van der Waals surface area contributed by atoms with Crippen LogP contribution in [0.25, 0.3) is 0 Å². The second-order valence-corrected chi connectivity index (χ2v) is 17.3. The van der Waals surface area contributed by atoms with Crippen LogP contribution in [0.15, 0.2) is 23.3 Å². The fraction of sp³-hybridized carbons (Fsp3) is 0.750. The van der Waals surface area contributed by atoms with Crippen LogP contribution < -0.4 is 16.0 Å². The Kier molecular flexibility index (Phi) is 20.8. The first kappa shape index (κ1) is 50.9. The number of hydrogen-bond donors (Lipinski definition) is 4. The summed E-state index contributed by atoms with van der Waals surface area (Å²) in [6.45, 7) is 16.7. The van der Waals surface area contributed by atoms with Gasteiger partial charge >= 0.3 is 11.9 Å². The minimum absolute atomic E-state index is 0.00936. The van der Waals surface area contributed by atoms with Crippen LogP contribution in [0.1, 0.15) is 127 Å². The van der Waals surface area contributed by atoms with E-state index in [9.17, 15) is 38.7 Å². The number of likely N-dealkylation sites (N-methyl/N-ethyl adjacent to an activating group) is 2. The van der Waals surface area contributed by atoms with Crippen molar-refractivity contribution in [3.8, 4) is 0 Å². The smallest absolute Gasteiger partial charge is 0.334 e. The van der Waals surface area contributed by atoms with E-state index in [-0.39, 0.29) is 36.2 Å². The van der Waals surface area contributed by atoms with Crippen molar-refractivity contribution in [3.63, 3.8) is 0 Å².